The maximum atomic E-state index is 5.49. The van der Waals surface area contributed by atoms with Crippen LogP contribution in [0.5, 0.6) is 0 Å². The van der Waals surface area contributed by atoms with Crippen molar-refractivity contribution in [1.29, 1.82) is 0 Å². The van der Waals surface area contributed by atoms with Crippen LogP contribution in [0.1, 0.15) is 25.6 Å². The fraction of sp³-hybridized carbons (Fsp3) is 0.667. The first-order chi connectivity index (χ1) is 7.65. The van der Waals surface area contributed by atoms with E-state index in [0.29, 0.717) is 12.0 Å². The molecule has 4 heteroatoms. The molecule has 0 saturated heterocycles. The predicted octanol–water partition coefficient (Wildman–Crippen LogP) is 3.66. The Morgan fingerprint density at radius 1 is 1.50 bits per heavy atom. The zero-order valence-electron chi connectivity index (χ0n) is 10.1. The van der Waals surface area contributed by atoms with Crippen molar-refractivity contribution in [1.82, 2.24) is 5.32 Å². The molecule has 0 radical (unpaired) electrons. The Bertz CT molecular complexity index is 301. The average molecular weight is 306 g/mol. The third kappa shape index (κ3) is 4.53. The Labute approximate surface area is 111 Å². The molecule has 0 aliphatic rings. The monoisotopic (exact) mass is 305 g/mol. The van der Waals surface area contributed by atoms with Crippen molar-refractivity contribution in [3.8, 4) is 0 Å². The lowest BCUT2D eigenvalue weighted by Gasteiger charge is -2.22. The quantitative estimate of drug-likeness (QED) is 0.830. The van der Waals surface area contributed by atoms with Gasteiger partial charge in [-0.25, -0.2) is 0 Å². The first-order valence-corrected chi connectivity index (χ1v) is 7.35. The first-order valence-electron chi connectivity index (χ1n) is 5.68. The van der Waals surface area contributed by atoms with E-state index in [2.05, 4.69) is 46.5 Å². The Morgan fingerprint density at radius 3 is 2.75 bits per heavy atom. The maximum absolute atomic E-state index is 5.49. The summed E-state index contributed by atoms with van der Waals surface area (Å²) < 4.78 is 6.68. The van der Waals surface area contributed by atoms with Crippen LogP contribution in [-0.4, -0.2) is 19.3 Å². The molecule has 1 aromatic heterocycles. The molecule has 0 amide bonds. The third-order valence-electron chi connectivity index (χ3n) is 2.52. The summed E-state index contributed by atoms with van der Waals surface area (Å²) in [5, 5.41) is 5.66. The predicted molar refractivity (Wildman–Crippen MR) is 74.0 cm³/mol. The second-order valence-corrected chi connectivity index (χ2v) is 5.94. The Morgan fingerprint density at radius 2 is 2.25 bits per heavy atom. The molecule has 1 N–H and O–H groups in total. The van der Waals surface area contributed by atoms with E-state index in [4.69, 9.17) is 4.74 Å². The van der Waals surface area contributed by atoms with Gasteiger partial charge in [0.2, 0.25) is 0 Å². The van der Waals surface area contributed by atoms with Gasteiger partial charge in [-0.2, -0.15) is 0 Å². The van der Waals surface area contributed by atoms with Crippen molar-refractivity contribution in [2.45, 2.75) is 33.4 Å². The largest absolute Gasteiger partial charge is 0.380 e. The molecule has 0 aliphatic carbocycles. The highest BCUT2D eigenvalue weighted by Gasteiger charge is 2.13. The summed E-state index contributed by atoms with van der Waals surface area (Å²) in [5.41, 5.74) is 0. The van der Waals surface area contributed by atoms with E-state index < -0.39 is 0 Å². The highest BCUT2D eigenvalue weighted by molar-refractivity contribution is 9.10. The topological polar surface area (TPSA) is 21.3 Å². The molecule has 2 nitrogen and oxygen atoms in total. The second kappa shape index (κ2) is 7.43. The minimum absolute atomic E-state index is 0.425. The van der Waals surface area contributed by atoms with Crippen LogP contribution in [0.15, 0.2) is 15.9 Å². The van der Waals surface area contributed by atoms with Gasteiger partial charge in [-0.1, -0.05) is 13.8 Å². The number of hydrogen-bond acceptors (Lipinski definition) is 3. The third-order valence-corrected chi connectivity index (χ3v) is 4.45. The summed E-state index contributed by atoms with van der Waals surface area (Å²) in [5.74, 6) is 0.588. The van der Waals surface area contributed by atoms with Crippen LogP contribution in [0.2, 0.25) is 0 Å². The number of halogens is 1. The molecule has 1 atom stereocenters. The van der Waals surface area contributed by atoms with Crippen molar-refractivity contribution in [3.63, 3.8) is 0 Å². The van der Waals surface area contributed by atoms with Gasteiger partial charge in [0, 0.05) is 28.5 Å². The Kier molecular flexibility index (Phi) is 6.58. The standard InChI is InChI=1S/C12H20BrNOS/c1-4-15-8-11(9(2)3)14-7-12-10(13)5-6-16-12/h5-6,9,11,14H,4,7-8H2,1-3H3. The smallest absolute Gasteiger partial charge is 0.0622 e. The highest BCUT2D eigenvalue weighted by Crippen LogP contribution is 2.22. The molecule has 1 aromatic rings. The molecule has 0 saturated carbocycles. The van der Waals surface area contributed by atoms with Gasteiger partial charge in [-0.15, -0.1) is 11.3 Å². The van der Waals surface area contributed by atoms with Crippen LogP contribution < -0.4 is 5.32 Å². The van der Waals surface area contributed by atoms with Crippen LogP contribution in [0.25, 0.3) is 0 Å². The SMILES string of the molecule is CCOCC(NCc1sccc1Br)C(C)C. The normalized spacial score (nSPS) is 13.3. The molecule has 1 heterocycles. The summed E-state index contributed by atoms with van der Waals surface area (Å²) >= 11 is 5.32. The molecule has 0 fully saturated rings. The average Bonchev–Trinajstić information content (AvgIpc) is 2.64. The van der Waals surface area contributed by atoms with E-state index in [9.17, 15) is 0 Å². The molecule has 0 bridgehead atoms. The van der Waals surface area contributed by atoms with E-state index in [1.165, 1.54) is 9.35 Å². The summed E-state index contributed by atoms with van der Waals surface area (Å²) in [7, 11) is 0. The highest BCUT2D eigenvalue weighted by atomic mass is 79.9. The van der Waals surface area contributed by atoms with Crippen molar-refractivity contribution < 1.29 is 4.74 Å². The van der Waals surface area contributed by atoms with Gasteiger partial charge >= 0.3 is 0 Å². The van der Waals surface area contributed by atoms with Gasteiger partial charge < -0.3 is 10.1 Å². The van der Waals surface area contributed by atoms with Crippen molar-refractivity contribution in [2.75, 3.05) is 13.2 Å². The molecule has 92 valence electrons. The van der Waals surface area contributed by atoms with Crippen molar-refractivity contribution in [2.24, 2.45) is 5.92 Å². The van der Waals surface area contributed by atoms with Gasteiger partial charge in [0.1, 0.15) is 0 Å². The van der Waals surface area contributed by atoms with Gasteiger partial charge in [0.25, 0.3) is 0 Å². The van der Waals surface area contributed by atoms with Gasteiger partial charge in [0.05, 0.1) is 6.61 Å². The van der Waals surface area contributed by atoms with Crippen molar-refractivity contribution in [3.05, 3.63) is 20.8 Å². The Hall–Kier alpha value is 0.100. The van der Waals surface area contributed by atoms with E-state index >= 15 is 0 Å². The molecule has 16 heavy (non-hydrogen) atoms. The minimum atomic E-state index is 0.425. The fourth-order valence-electron chi connectivity index (χ4n) is 1.41. The summed E-state index contributed by atoms with van der Waals surface area (Å²) in [6.45, 7) is 8.96. The number of ether oxygens (including phenoxy) is 1. The fourth-order valence-corrected chi connectivity index (χ4v) is 2.85. The zero-order valence-corrected chi connectivity index (χ0v) is 12.5. The lowest BCUT2D eigenvalue weighted by atomic mass is 10.1. The van der Waals surface area contributed by atoms with Crippen LogP contribution >= 0.6 is 27.3 Å². The van der Waals surface area contributed by atoms with E-state index in [1.807, 2.05) is 6.92 Å². The number of hydrogen-bond donors (Lipinski definition) is 1. The Balaban J connectivity index is 2.40. The number of rotatable bonds is 7. The maximum Gasteiger partial charge on any atom is 0.0622 e. The number of thiophene rings is 1. The van der Waals surface area contributed by atoms with Crippen LogP contribution in [-0.2, 0) is 11.3 Å². The molecule has 1 rings (SSSR count). The summed E-state index contributed by atoms with van der Waals surface area (Å²) in [4.78, 5) is 1.35. The second-order valence-electron chi connectivity index (χ2n) is 4.08. The summed E-state index contributed by atoms with van der Waals surface area (Å²) in [6.07, 6.45) is 0. The lowest BCUT2D eigenvalue weighted by Crippen LogP contribution is -2.37. The molecular weight excluding hydrogens is 286 g/mol. The van der Waals surface area contributed by atoms with Gasteiger partial charge in [-0.3, -0.25) is 0 Å². The van der Waals surface area contributed by atoms with Crippen LogP contribution in [0.4, 0.5) is 0 Å². The van der Waals surface area contributed by atoms with E-state index in [-0.39, 0.29) is 0 Å². The molecular formula is C12H20BrNOS. The van der Waals surface area contributed by atoms with Crippen molar-refractivity contribution >= 4 is 27.3 Å². The van der Waals surface area contributed by atoms with Crippen LogP contribution in [0.3, 0.4) is 0 Å². The van der Waals surface area contributed by atoms with E-state index in [1.54, 1.807) is 11.3 Å². The van der Waals surface area contributed by atoms with Gasteiger partial charge in [-0.05, 0) is 40.2 Å². The zero-order chi connectivity index (χ0) is 12.0. The molecule has 0 spiro atoms. The molecule has 0 aromatic carbocycles. The minimum Gasteiger partial charge on any atom is -0.380 e. The lowest BCUT2D eigenvalue weighted by molar-refractivity contribution is 0.108. The van der Waals surface area contributed by atoms with E-state index in [0.717, 1.165) is 19.8 Å². The molecule has 0 aliphatic heterocycles. The van der Waals surface area contributed by atoms with Gasteiger partial charge in [0.15, 0.2) is 0 Å². The summed E-state index contributed by atoms with van der Waals surface area (Å²) in [6, 6.07) is 2.52. The molecule has 1 unspecified atom stereocenters. The van der Waals surface area contributed by atoms with Crippen LogP contribution in [0, 0.1) is 5.92 Å². The number of nitrogens with one attached hydrogen (secondary N) is 1. The first kappa shape index (κ1) is 14.2.